The largest absolute Gasteiger partial charge is 0.480 e. The van der Waals surface area contributed by atoms with Crippen LogP contribution in [0.4, 0.5) is 0 Å². The summed E-state index contributed by atoms with van der Waals surface area (Å²) >= 11 is 0. The van der Waals surface area contributed by atoms with Crippen LogP contribution in [0, 0.1) is 0 Å². The summed E-state index contributed by atoms with van der Waals surface area (Å²) in [6, 6.07) is 10.3. The van der Waals surface area contributed by atoms with Gasteiger partial charge in [0.2, 0.25) is 10.0 Å². The molecule has 8 nitrogen and oxygen atoms in total. The van der Waals surface area contributed by atoms with Gasteiger partial charge in [0.15, 0.2) is 5.58 Å². The molecule has 0 spiro atoms. The smallest absolute Gasteiger partial charge is 0.417 e. The highest BCUT2D eigenvalue weighted by molar-refractivity contribution is 7.89. The van der Waals surface area contributed by atoms with Gasteiger partial charge in [-0.2, -0.15) is 4.72 Å². The molecule has 1 heterocycles. The van der Waals surface area contributed by atoms with Crippen molar-refractivity contribution in [2.45, 2.75) is 10.9 Å². The molecule has 3 rings (SSSR count). The van der Waals surface area contributed by atoms with Crippen molar-refractivity contribution in [1.82, 2.24) is 9.71 Å². The number of benzene rings is 2. The second kappa shape index (κ2) is 5.95. The van der Waals surface area contributed by atoms with E-state index in [2.05, 4.69) is 9.71 Å². The van der Waals surface area contributed by atoms with Crippen LogP contribution in [0.15, 0.2) is 62.6 Å². The zero-order valence-corrected chi connectivity index (χ0v) is 12.9. The predicted molar refractivity (Wildman–Crippen MR) is 84.0 cm³/mol. The molecule has 9 heteroatoms. The molecule has 0 saturated carbocycles. The fourth-order valence-corrected chi connectivity index (χ4v) is 3.42. The Balaban J connectivity index is 1.98. The van der Waals surface area contributed by atoms with E-state index in [4.69, 9.17) is 4.42 Å². The Morgan fingerprint density at radius 3 is 2.54 bits per heavy atom. The number of aromatic nitrogens is 1. The van der Waals surface area contributed by atoms with Gasteiger partial charge in [0.1, 0.15) is 6.04 Å². The SMILES string of the molecule is O=C(O)C(NS(=O)(=O)c1ccc2[nH]c(=O)oc2c1)c1ccccc1. The lowest BCUT2D eigenvalue weighted by molar-refractivity contribution is -0.139. The van der Waals surface area contributed by atoms with Crippen LogP contribution < -0.4 is 10.5 Å². The Kier molecular flexibility index (Phi) is 3.96. The van der Waals surface area contributed by atoms with Crippen LogP contribution in [-0.2, 0) is 14.8 Å². The minimum atomic E-state index is -4.14. The Morgan fingerprint density at radius 2 is 1.88 bits per heavy atom. The number of nitrogens with one attached hydrogen (secondary N) is 2. The zero-order valence-electron chi connectivity index (χ0n) is 12.1. The standard InChI is InChI=1S/C15H12N2O6S/c18-14(19)13(9-4-2-1-3-5-9)17-24(21,22)10-6-7-11-12(8-10)23-15(20)16-11/h1-8,13,17H,(H,16,20)(H,18,19). The first kappa shape index (κ1) is 16.0. The van der Waals surface area contributed by atoms with Crippen molar-refractivity contribution in [3.05, 3.63) is 64.6 Å². The summed E-state index contributed by atoms with van der Waals surface area (Å²) in [5.41, 5.74) is 0.703. The summed E-state index contributed by atoms with van der Waals surface area (Å²) in [6.07, 6.45) is 0. The van der Waals surface area contributed by atoms with Gasteiger partial charge in [-0.25, -0.2) is 13.2 Å². The summed E-state index contributed by atoms with van der Waals surface area (Å²) in [6.45, 7) is 0. The minimum Gasteiger partial charge on any atom is -0.480 e. The fourth-order valence-electron chi connectivity index (χ4n) is 2.22. The number of fused-ring (bicyclic) bond motifs is 1. The van der Waals surface area contributed by atoms with Gasteiger partial charge < -0.3 is 9.52 Å². The summed E-state index contributed by atoms with van der Waals surface area (Å²) in [4.78, 5) is 24.8. The van der Waals surface area contributed by atoms with Gasteiger partial charge in [-0.3, -0.25) is 9.78 Å². The molecule has 24 heavy (non-hydrogen) atoms. The number of rotatable bonds is 5. The van der Waals surface area contributed by atoms with Gasteiger partial charge in [-0.15, -0.1) is 0 Å². The zero-order chi connectivity index (χ0) is 17.3. The maximum absolute atomic E-state index is 12.5. The number of hydrogen-bond acceptors (Lipinski definition) is 5. The van der Waals surface area contributed by atoms with E-state index in [9.17, 15) is 23.1 Å². The van der Waals surface area contributed by atoms with E-state index in [1.165, 1.54) is 24.3 Å². The molecule has 0 amide bonds. The summed E-state index contributed by atoms with van der Waals surface area (Å²) in [7, 11) is -4.14. The minimum absolute atomic E-state index is 0.0643. The number of sulfonamides is 1. The molecule has 0 aliphatic carbocycles. The molecule has 0 bridgehead atoms. The molecular formula is C15H12N2O6S. The van der Waals surface area contributed by atoms with Gasteiger partial charge >= 0.3 is 11.7 Å². The normalized spacial score (nSPS) is 13.0. The summed E-state index contributed by atoms with van der Waals surface area (Å²) in [5.74, 6) is -2.04. The molecule has 1 aromatic heterocycles. The second-order valence-corrected chi connectivity index (χ2v) is 6.69. The van der Waals surface area contributed by atoms with Crippen molar-refractivity contribution in [1.29, 1.82) is 0 Å². The van der Waals surface area contributed by atoms with Crippen LogP contribution in [0.2, 0.25) is 0 Å². The molecule has 0 aliphatic heterocycles. The molecule has 0 radical (unpaired) electrons. The Bertz CT molecular complexity index is 1050. The number of H-pyrrole nitrogens is 1. The summed E-state index contributed by atoms with van der Waals surface area (Å²) in [5, 5.41) is 9.32. The lowest BCUT2D eigenvalue weighted by Gasteiger charge is -2.15. The van der Waals surface area contributed by atoms with Crippen molar-refractivity contribution in [3.63, 3.8) is 0 Å². The molecule has 0 saturated heterocycles. The number of aliphatic carboxylic acids is 1. The first-order chi connectivity index (χ1) is 11.4. The molecule has 2 aromatic carbocycles. The number of carboxylic acids is 1. The van der Waals surface area contributed by atoms with Crippen LogP contribution in [0.1, 0.15) is 11.6 Å². The fraction of sp³-hybridized carbons (Fsp3) is 0.0667. The van der Waals surface area contributed by atoms with Gasteiger partial charge in [0.25, 0.3) is 0 Å². The quantitative estimate of drug-likeness (QED) is 0.636. The van der Waals surface area contributed by atoms with E-state index in [0.717, 1.165) is 6.07 Å². The molecule has 1 atom stereocenters. The Morgan fingerprint density at radius 1 is 1.17 bits per heavy atom. The highest BCUT2D eigenvalue weighted by Crippen LogP contribution is 2.20. The van der Waals surface area contributed by atoms with Gasteiger partial charge in [-0.05, 0) is 17.7 Å². The van der Waals surface area contributed by atoms with Crippen LogP contribution >= 0.6 is 0 Å². The van der Waals surface area contributed by atoms with E-state index in [1.54, 1.807) is 18.2 Å². The molecule has 0 aliphatic rings. The van der Waals surface area contributed by atoms with Crippen molar-refractivity contribution < 1.29 is 22.7 Å². The third-order valence-corrected chi connectivity index (χ3v) is 4.78. The number of carbonyl (C=O) groups is 1. The monoisotopic (exact) mass is 348 g/mol. The highest BCUT2D eigenvalue weighted by Gasteiger charge is 2.27. The first-order valence-electron chi connectivity index (χ1n) is 6.80. The third kappa shape index (κ3) is 3.07. The van der Waals surface area contributed by atoms with E-state index >= 15 is 0 Å². The molecule has 0 fully saturated rings. The molecule has 3 N–H and O–H groups in total. The Hall–Kier alpha value is -2.91. The van der Waals surface area contributed by atoms with E-state index in [-0.39, 0.29) is 10.5 Å². The molecule has 1 unspecified atom stereocenters. The topological polar surface area (TPSA) is 129 Å². The molecule has 3 aromatic rings. The van der Waals surface area contributed by atoms with Gasteiger partial charge in [0, 0.05) is 6.07 Å². The summed E-state index contributed by atoms with van der Waals surface area (Å²) < 4.78 is 31.9. The van der Waals surface area contributed by atoms with Crippen molar-refractivity contribution in [2.24, 2.45) is 0 Å². The van der Waals surface area contributed by atoms with Gasteiger partial charge in [0.05, 0.1) is 10.4 Å². The molecular weight excluding hydrogens is 336 g/mol. The van der Waals surface area contributed by atoms with E-state index in [0.29, 0.717) is 11.1 Å². The van der Waals surface area contributed by atoms with Crippen LogP contribution in [0.25, 0.3) is 11.1 Å². The van der Waals surface area contributed by atoms with Gasteiger partial charge in [-0.1, -0.05) is 30.3 Å². The van der Waals surface area contributed by atoms with Crippen molar-refractivity contribution in [3.8, 4) is 0 Å². The number of oxazole rings is 1. The predicted octanol–water partition coefficient (Wildman–Crippen LogP) is 1.23. The van der Waals surface area contributed by atoms with Crippen molar-refractivity contribution >= 4 is 27.1 Å². The third-order valence-electron chi connectivity index (χ3n) is 3.36. The average Bonchev–Trinajstić information content (AvgIpc) is 2.92. The van der Waals surface area contributed by atoms with Crippen LogP contribution in [0.5, 0.6) is 0 Å². The van der Waals surface area contributed by atoms with E-state index in [1.807, 2.05) is 0 Å². The van der Waals surface area contributed by atoms with Crippen LogP contribution in [-0.4, -0.2) is 24.5 Å². The highest BCUT2D eigenvalue weighted by atomic mass is 32.2. The number of aromatic amines is 1. The average molecular weight is 348 g/mol. The van der Waals surface area contributed by atoms with Crippen molar-refractivity contribution in [2.75, 3.05) is 0 Å². The van der Waals surface area contributed by atoms with E-state index < -0.39 is 27.8 Å². The molecule has 124 valence electrons. The number of hydrogen-bond donors (Lipinski definition) is 3. The second-order valence-electron chi connectivity index (χ2n) is 4.98. The Labute approximate surface area is 135 Å². The first-order valence-corrected chi connectivity index (χ1v) is 8.28. The van der Waals surface area contributed by atoms with Crippen LogP contribution in [0.3, 0.4) is 0 Å². The number of carboxylic acid groups (broad SMARTS) is 1. The maximum Gasteiger partial charge on any atom is 0.417 e. The lowest BCUT2D eigenvalue weighted by atomic mass is 10.1. The maximum atomic E-state index is 12.5. The lowest BCUT2D eigenvalue weighted by Crippen LogP contribution is -2.33.